The third kappa shape index (κ3) is 2.95. The Labute approximate surface area is 132 Å². The fourth-order valence-electron chi connectivity index (χ4n) is 2.69. The highest BCUT2D eigenvalue weighted by atomic mass is 79.9. The van der Waals surface area contributed by atoms with Crippen LogP contribution in [-0.4, -0.2) is 12.5 Å². The highest BCUT2D eigenvalue weighted by molar-refractivity contribution is 9.10. The van der Waals surface area contributed by atoms with E-state index in [1.54, 1.807) is 0 Å². The summed E-state index contributed by atoms with van der Waals surface area (Å²) in [7, 11) is 0. The molecule has 0 aliphatic carbocycles. The van der Waals surface area contributed by atoms with Gasteiger partial charge in [-0.3, -0.25) is 4.79 Å². The number of benzene rings is 2. The van der Waals surface area contributed by atoms with Gasteiger partial charge in [0, 0.05) is 16.7 Å². The van der Waals surface area contributed by atoms with E-state index in [4.69, 9.17) is 0 Å². The standard InChI is InChI=1S/C17H17BrN2O/c1-11(12-5-4-6-13(18)9-12)20-17(21)15-10-19-16-8-3-2-7-14(15)16/h2-9,11,15,19H,10H2,1H3,(H,20,21)/t11-,15?/m0/s1. The van der Waals surface area contributed by atoms with E-state index in [0.717, 1.165) is 21.3 Å². The summed E-state index contributed by atoms with van der Waals surface area (Å²) in [5.41, 5.74) is 3.24. The third-order valence-corrected chi connectivity index (χ3v) is 4.35. The summed E-state index contributed by atoms with van der Waals surface area (Å²) in [6.07, 6.45) is 0. The Morgan fingerprint density at radius 2 is 2.10 bits per heavy atom. The molecule has 0 spiro atoms. The van der Waals surface area contributed by atoms with Crippen molar-refractivity contribution in [2.75, 3.05) is 11.9 Å². The molecule has 3 rings (SSSR count). The van der Waals surface area contributed by atoms with Crippen LogP contribution in [0, 0.1) is 0 Å². The molecule has 1 heterocycles. The zero-order valence-electron chi connectivity index (χ0n) is 11.8. The van der Waals surface area contributed by atoms with Gasteiger partial charge in [0.15, 0.2) is 0 Å². The van der Waals surface area contributed by atoms with Crippen molar-refractivity contribution < 1.29 is 4.79 Å². The topological polar surface area (TPSA) is 41.1 Å². The van der Waals surface area contributed by atoms with Gasteiger partial charge in [0.1, 0.15) is 0 Å². The van der Waals surface area contributed by atoms with E-state index in [1.807, 2.05) is 55.5 Å². The molecule has 2 N–H and O–H groups in total. The lowest BCUT2D eigenvalue weighted by molar-refractivity contribution is -0.122. The maximum Gasteiger partial charge on any atom is 0.229 e. The molecule has 2 aromatic carbocycles. The Morgan fingerprint density at radius 1 is 1.29 bits per heavy atom. The number of anilines is 1. The van der Waals surface area contributed by atoms with Crippen LogP contribution in [0.5, 0.6) is 0 Å². The normalized spacial score (nSPS) is 17.7. The van der Waals surface area contributed by atoms with E-state index in [9.17, 15) is 4.79 Å². The first kappa shape index (κ1) is 14.1. The summed E-state index contributed by atoms with van der Waals surface area (Å²) in [6.45, 7) is 2.67. The van der Waals surface area contributed by atoms with Crippen molar-refractivity contribution in [1.29, 1.82) is 0 Å². The van der Waals surface area contributed by atoms with Gasteiger partial charge >= 0.3 is 0 Å². The average molecular weight is 345 g/mol. The molecular formula is C17H17BrN2O. The summed E-state index contributed by atoms with van der Waals surface area (Å²) >= 11 is 3.46. The van der Waals surface area contributed by atoms with E-state index >= 15 is 0 Å². The molecule has 3 nitrogen and oxygen atoms in total. The molecule has 21 heavy (non-hydrogen) atoms. The van der Waals surface area contributed by atoms with Gasteiger partial charge in [-0.25, -0.2) is 0 Å². The highest BCUT2D eigenvalue weighted by Crippen LogP contribution is 2.31. The zero-order valence-corrected chi connectivity index (χ0v) is 13.4. The van der Waals surface area contributed by atoms with Gasteiger partial charge in [-0.2, -0.15) is 0 Å². The number of rotatable bonds is 3. The maximum atomic E-state index is 12.5. The predicted octanol–water partition coefficient (Wildman–Crippen LogP) is 3.84. The van der Waals surface area contributed by atoms with E-state index in [2.05, 4.69) is 26.6 Å². The van der Waals surface area contributed by atoms with Crippen molar-refractivity contribution in [3.05, 3.63) is 64.1 Å². The van der Waals surface area contributed by atoms with Crippen molar-refractivity contribution in [3.63, 3.8) is 0 Å². The lowest BCUT2D eigenvalue weighted by Crippen LogP contribution is -2.32. The molecular weight excluding hydrogens is 328 g/mol. The second-order valence-electron chi connectivity index (χ2n) is 5.31. The van der Waals surface area contributed by atoms with Gasteiger partial charge in [0.2, 0.25) is 5.91 Å². The molecule has 0 aromatic heterocycles. The number of carbonyl (C=O) groups is 1. The van der Waals surface area contributed by atoms with Crippen LogP contribution in [0.3, 0.4) is 0 Å². The molecule has 0 radical (unpaired) electrons. The van der Waals surface area contributed by atoms with Crippen molar-refractivity contribution in [1.82, 2.24) is 5.32 Å². The number of fused-ring (bicyclic) bond motifs is 1. The van der Waals surface area contributed by atoms with Gasteiger partial charge in [0.25, 0.3) is 0 Å². The Morgan fingerprint density at radius 3 is 2.90 bits per heavy atom. The zero-order chi connectivity index (χ0) is 14.8. The van der Waals surface area contributed by atoms with Crippen molar-refractivity contribution >= 4 is 27.5 Å². The number of halogens is 1. The molecule has 1 amide bonds. The summed E-state index contributed by atoms with van der Waals surface area (Å²) in [5.74, 6) is -0.0456. The minimum atomic E-state index is -0.115. The van der Waals surface area contributed by atoms with Gasteiger partial charge in [-0.05, 0) is 36.2 Å². The first-order chi connectivity index (χ1) is 10.1. The quantitative estimate of drug-likeness (QED) is 0.888. The van der Waals surface area contributed by atoms with Crippen LogP contribution in [0.15, 0.2) is 53.0 Å². The number of carbonyl (C=O) groups excluding carboxylic acids is 1. The van der Waals surface area contributed by atoms with Gasteiger partial charge in [0.05, 0.1) is 12.0 Å². The molecule has 1 aliphatic rings. The summed E-state index contributed by atoms with van der Waals surface area (Å²) in [6, 6.07) is 16.0. The Balaban J connectivity index is 1.73. The predicted molar refractivity (Wildman–Crippen MR) is 88.4 cm³/mol. The maximum absolute atomic E-state index is 12.5. The summed E-state index contributed by atoms with van der Waals surface area (Å²) in [5, 5.41) is 6.39. The van der Waals surface area contributed by atoms with Gasteiger partial charge < -0.3 is 10.6 Å². The Bertz CT molecular complexity index is 671. The van der Waals surface area contributed by atoms with Gasteiger partial charge in [-0.1, -0.05) is 46.3 Å². The smallest absolute Gasteiger partial charge is 0.229 e. The van der Waals surface area contributed by atoms with Crippen LogP contribution < -0.4 is 10.6 Å². The van der Waals surface area contributed by atoms with Crippen LogP contribution >= 0.6 is 15.9 Å². The SMILES string of the molecule is C[C@H](NC(=O)C1CNc2ccccc21)c1cccc(Br)c1. The fraction of sp³-hybridized carbons (Fsp3) is 0.235. The van der Waals surface area contributed by atoms with Gasteiger partial charge in [-0.15, -0.1) is 0 Å². The number of hydrogen-bond acceptors (Lipinski definition) is 2. The lowest BCUT2D eigenvalue weighted by atomic mass is 9.99. The fourth-order valence-corrected chi connectivity index (χ4v) is 3.11. The number of hydrogen-bond donors (Lipinski definition) is 2. The van der Waals surface area contributed by atoms with Crippen molar-refractivity contribution in [2.45, 2.75) is 18.9 Å². The first-order valence-corrected chi connectivity index (χ1v) is 7.83. The molecule has 4 heteroatoms. The summed E-state index contributed by atoms with van der Waals surface area (Å²) in [4.78, 5) is 12.5. The number of para-hydroxylation sites is 1. The lowest BCUT2D eigenvalue weighted by Gasteiger charge is -2.18. The van der Waals surface area contributed by atoms with Crippen molar-refractivity contribution in [2.24, 2.45) is 0 Å². The molecule has 1 unspecified atom stereocenters. The van der Waals surface area contributed by atoms with E-state index in [0.29, 0.717) is 6.54 Å². The molecule has 108 valence electrons. The van der Waals surface area contributed by atoms with E-state index in [1.165, 1.54) is 0 Å². The average Bonchev–Trinajstić information content (AvgIpc) is 2.91. The highest BCUT2D eigenvalue weighted by Gasteiger charge is 2.28. The number of amides is 1. The van der Waals surface area contributed by atoms with Crippen LogP contribution in [0.2, 0.25) is 0 Å². The molecule has 0 bridgehead atoms. The largest absolute Gasteiger partial charge is 0.384 e. The minimum Gasteiger partial charge on any atom is -0.384 e. The monoisotopic (exact) mass is 344 g/mol. The molecule has 0 saturated heterocycles. The van der Waals surface area contributed by atoms with E-state index in [-0.39, 0.29) is 17.9 Å². The molecule has 1 aliphatic heterocycles. The van der Waals surface area contributed by atoms with Crippen LogP contribution in [-0.2, 0) is 4.79 Å². The first-order valence-electron chi connectivity index (χ1n) is 7.04. The minimum absolute atomic E-state index is 0.0113. The van der Waals surface area contributed by atoms with Crippen LogP contribution in [0.4, 0.5) is 5.69 Å². The molecule has 0 fully saturated rings. The second-order valence-corrected chi connectivity index (χ2v) is 6.22. The molecule has 2 atom stereocenters. The number of nitrogens with one attached hydrogen (secondary N) is 2. The summed E-state index contributed by atoms with van der Waals surface area (Å²) < 4.78 is 1.02. The Kier molecular flexibility index (Phi) is 3.97. The Hall–Kier alpha value is -1.81. The van der Waals surface area contributed by atoms with E-state index < -0.39 is 0 Å². The molecule has 2 aromatic rings. The second kappa shape index (κ2) is 5.90. The van der Waals surface area contributed by atoms with Crippen molar-refractivity contribution in [3.8, 4) is 0 Å². The molecule has 0 saturated carbocycles. The third-order valence-electron chi connectivity index (χ3n) is 3.86. The van der Waals surface area contributed by atoms with Crippen LogP contribution in [0.25, 0.3) is 0 Å². The van der Waals surface area contributed by atoms with Crippen LogP contribution in [0.1, 0.15) is 30.0 Å².